The second-order valence-electron chi connectivity index (χ2n) is 12.5. The molecule has 4 bridgehead atoms. The zero-order valence-corrected chi connectivity index (χ0v) is 25.8. The molecule has 2 fully saturated rings. The van der Waals surface area contributed by atoms with Gasteiger partial charge >= 0.3 is 0 Å². The van der Waals surface area contributed by atoms with Gasteiger partial charge in [0.2, 0.25) is 24.5 Å². The van der Waals surface area contributed by atoms with Crippen molar-refractivity contribution >= 4 is 17.7 Å². The number of fused-ring (bicyclic) bond motifs is 7. The van der Waals surface area contributed by atoms with Crippen LogP contribution in [0.5, 0.6) is 23.0 Å². The molecule has 0 radical (unpaired) electrons. The number of amides is 3. The summed E-state index contributed by atoms with van der Waals surface area (Å²) in [4.78, 5) is 44.1. The summed E-state index contributed by atoms with van der Waals surface area (Å²) in [6, 6.07) is 9.74. The summed E-state index contributed by atoms with van der Waals surface area (Å²) in [7, 11) is 3.26. The third-order valence-electron chi connectivity index (χ3n) is 9.53. The molecule has 3 atom stereocenters. The molecule has 4 aliphatic rings. The molecular formula is C34H43N3O7. The molecular weight excluding hydrogens is 562 g/mol. The zero-order valence-electron chi connectivity index (χ0n) is 25.8. The molecule has 0 saturated carbocycles. The predicted octanol–water partition coefficient (Wildman–Crippen LogP) is 3.52. The Hall–Kier alpha value is -3.95. The second-order valence-corrected chi connectivity index (χ2v) is 12.5. The topological polar surface area (TPSA) is 107 Å². The summed E-state index contributed by atoms with van der Waals surface area (Å²) in [5, 5.41) is 3.06. The number of benzene rings is 2. The highest BCUT2D eigenvalue weighted by atomic mass is 16.7. The van der Waals surface area contributed by atoms with Crippen LogP contribution in [-0.2, 0) is 33.6 Å². The highest BCUT2D eigenvalue weighted by Gasteiger charge is 2.43. The number of piperidine rings is 2. The smallest absolute Gasteiger partial charge is 0.231 e. The largest absolute Gasteiger partial charge is 0.493 e. The summed E-state index contributed by atoms with van der Waals surface area (Å²) in [6.07, 6.45) is 5.71. The molecule has 44 heavy (non-hydrogen) atoms. The molecule has 10 heteroatoms. The molecule has 236 valence electrons. The fourth-order valence-electron chi connectivity index (χ4n) is 7.44. The van der Waals surface area contributed by atoms with Crippen LogP contribution >= 0.6 is 0 Å². The lowest BCUT2D eigenvalue weighted by Crippen LogP contribution is -2.60. The van der Waals surface area contributed by atoms with Gasteiger partial charge in [-0.05, 0) is 85.3 Å². The number of hydrogen-bond donors (Lipinski definition) is 1. The highest BCUT2D eigenvalue weighted by Crippen LogP contribution is 2.38. The Morgan fingerprint density at radius 1 is 0.955 bits per heavy atom. The van der Waals surface area contributed by atoms with Gasteiger partial charge in [0.15, 0.2) is 23.0 Å². The maximum absolute atomic E-state index is 13.8. The average Bonchev–Trinajstić information content (AvgIpc) is 3.50. The van der Waals surface area contributed by atoms with Gasteiger partial charge in [0, 0.05) is 45.1 Å². The van der Waals surface area contributed by atoms with Crippen molar-refractivity contribution in [3.05, 3.63) is 47.0 Å². The van der Waals surface area contributed by atoms with Crippen LogP contribution in [0.2, 0.25) is 0 Å². The molecule has 6 rings (SSSR count). The monoisotopic (exact) mass is 605 g/mol. The Morgan fingerprint density at radius 3 is 2.66 bits per heavy atom. The molecule has 3 amide bonds. The minimum atomic E-state index is 0.00145. The Balaban J connectivity index is 1.18. The first-order chi connectivity index (χ1) is 21.4. The number of rotatable bonds is 4. The van der Waals surface area contributed by atoms with E-state index in [2.05, 4.69) is 16.3 Å². The van der Waals surface area contributed by atoms with Crippen LogP contribution in [0.3, 0.4) is 0 Å². The van der Waals surface area contributed by atoms with Crippen molar-refractivity contribution in [2.45, 2.75) is 63.8 Å². The van der Waals surface area contributed by atoms with Gasteiger partial charge < -0.3 is 34.1 Å². The molecule has 4 aliphatic heterocycles. The standard InChI is InChI=1S/C34H43N3O7/c1-41-30-16-22-9-11-32(39)37-19-24-14-26(20-36(18-24)33(40)17-23-8-10-28-29(15-23)44-21-43-28)27(37)6-3-7-31(38)35-12-4-5-25(13-22)34(30)42-2/h8,10,13,15-16,24,26-27H,3-7,9,11-12,14,17-21H2,1-2H3,(H,35,38)/t24-,26-,27-/m0/s1. The van der Waals surface area contributed by atoms with E-state index in [1.165, 1.54) is 0 Å². The van der Waals surface area contributed by atoms with Gasteiger partial charge in [0.1, 0.15) is 0 Å². The molecule has 2 aromatic rings. The molecule has 0 spiro atoms. The second kappa shape index (κ2) is 13.4. The van der Waals surface area contributed by atoms with Crippen LogP contribution < -0.4 is 24.3 Å². The van der Waals surface area contributed by atoms with Crippen molar-refractivity contribution in [1.29, 1.82) is 0 Å². The highest BCUT2D eigenvalue weighted by molar-refractivity contribution is 5.80. The molecule has 1 N–H and O–H groups in total. The lowest BCUT2D eigenvalue weighted by atomic mass is 9.77. The minimum absolute atomic E-state index is 0.00145. The molecule has 0 unspecified atom stereocenters. The maximum atomic E-state index is 13.8. The summed E-state index contributed by atoms with van der Waals surface area (Å²) < 4.78 is 22.2. The number of ether oxygens (including phenoxy) is 4. The summed E-state index contributed by atoms with van der Waals surface area (Å²) in [5.74, 6) is 3.43. The Bertz CT molecular complexity index is 1400. The van der Waals surface area contributed by atoms with E-state index < -0.39 is 0 Å². The number of likely N-dealkylation sites (tertiary alicyclic amines) is 1. The molecule has 2 saturated heterocycles. The number of aryl methyl sites for hydroxylation is 2. The van der Waals surface area contributed by atoms with Gasteiger partial charge in [-0.15, -0.1) is 0 Å². The van der Waals surface area contributed by atoms with Crippen LogP contribution in [0.4, 0.5) is 0 Å². The minimum Gasteiger partial charge on any atom is -0.493 e. The van der Waals surface area contributed by atoms with Gasteiger partial charge in [0.25, 0.3) is 0 Å². The number of carbonyl (C=O) groups excluding carboxylic acids is 3. The first-order valence-electron chi connectivity index (χ1n) is 15.9. The molecule has 0 aromatic heterocycles. The van der Waals surface area contributed by atoms with Crippen molar-refractivity contribution in [1.82, 2.24) is 15.1 Å². The lowest BCUT2D eigenvalue weighted by Gasteiger charge is -2.51. The van der Waals surface area contributed by atoms with E-state index >= 15 is 0 Å². The van der Waals surface area contributed by atoms with Gasteiger partial charge in [-0.2, -0.15) is 0 Å². The summed E-state index contributed by atoms with van der Waals surface area (Å²) in [5.41, 5.74) is 2.96. The Labute approximate surface area is 259 Å². The van der Waals surface area contributed by atoms with E-state index in [9.17, 15) is 14.4 Å². The number of hydrogen-bond acceptors (Lipinski definition) is 7. The van der Waals surface area contributed by atoms with E-state index in [0.717, 1.165) is 42.4 Å². The Morgan fingerprint density at radius 2 is 1.82 bits per heavy atom. The number of nitrogens with one attached hydrogen (secondary N) is 1. The van der Waals surface area contributed by atoms with E-state index in [0.29, 0.717) is 81.3 Å². The fourth-order valence-corrected chi connectivity index (χ4v) is 7.44. The van der Waals surface area contributed by atoms with E-state index in [4.69, 9.17) is 18.9 Å². The van der Waals surface area contributed by atoms with Crippen molar-refractivity contribution in [2.24, 2.45) is 11.8 Å². The predicted molar refractivity (Wildman–Crippen MR) is 163 cm³/mol. The molecule has 2 aromatic carbocycles. The third kappa shape index (κ3) is 6.59. The van der Waals surface area contributed by atoms with Crippen molar-refractivity contribution < 1.29 is 33.3 Å². The van der Waals surface area contributed by atoms with Crippen molar-refractivity contribution in [2.75, 3.05) is 47.2 Å². The fraction of sp³-hybridized carbons (Fsp3) is 0.559. The van der Waals surface area contributed by atoms with Crippen LogP contribution in [0, 0.1) is 11.8 Å². The quantitative estimate of drug-likeness (QED) is 0.569. The van der Waals surface area contributed by atoms with Crippen molar-refractivity contribution in [3.63, 3.8) is 0 Å². The Kier molecular flexibility index (Phi) is 9.14. The van der Waals surface area contributed by atoms with Gasteiger partial charge in [0.05, 0.1) is 20.6 Å². The molecule has 4 heterocycles. The third-order valence-corrected chi connectivity index (χ3v) is 9.53. The van der Waals surface area contributed by atoms with E-state index in [1.54, 1.807) is 14.2 Å². The van der Waals surface area contributed by atoms with Crippen LogP contribution in [-0.4, -0.2) is 80.8 Å². The van der Waals surface area contributed by atoms with Crippen LogP contribution in [0.1, 0.15) is 55.2 Å². The first kappa shape index (κ1) is 30.1. The lowest BCUT2D eigenvalue weighted by molar-refractivity contribution is -0.145. The number of carbonyl (C=O) groups is 3. The zero-order chi connectivity index (χ0) is 30.6. The van der Waals surface area contributed by atoms with Gasteiger partial charge in [-0.3, -0.25) is 14.4 Å². The molecule has 0 aliphatic carbocycles. The van der Waals surface area contributed by atoms with E-state index in [1.807, 2.05) is 29.2 Å². The maximum Gasteiger partial charge on any atom is 0.231 e. The first-order valence-corrected chi connectivity index (χ1v) is 15.9. The normalized spacial score (nSPS) is 23.9. The SMILES string of the molecule is COc1cc2cc(c1OC)CCCNC(=O)CCC[C@H]1[C@H]3C[C@@H](CN(C(=O)Cc4ccc5c(c4)OCO5)C3)CN1C(=O)CC2. The summed E-state index contributed by atoms with van der Waals surface area (Å²) in [6.45, 7) is 2.71. The summed E-state index contributed by atoms with van der Waals surface area (Å²) >= 11 is 0. The number of methoxy groups -OCH3 is 2. The number of nitrogens with zero attached hydrogens (tertiary/aromatic N) is 2. The van der Waals surface area contributed by atoms with Crippen molar-refractivity contribution in [3.8, 4) is 23.0 Å². The van der Waals surface area contributed by atoms with Crippen LogP contribution in [0.25, 0.3) is 0 Å². The van der Waals surface area contributed by atoms with Gasteiger partial charge in [-0.25, -0.2) is 0 Å². The van der Waals surface area contributed by atoms with Crippen LogP contribution in [0.15, 0.2) is 30.3 Å². The molecule has 10 nitrogen and oxygen atoms in total. The van der Waals surface area contributed by atoms with E-state index in [-0.39, 0.29) is 42.4 Å². The average molecular weight is 606 g/mol. The van der Waals surface area contributed by atoms with Gasteiger partial charge in [-0.1, -0.05) is 12.1 Å².